The van der Waals surface area contributed by atoms with Crippen molar-refractivity contribution in [1.29, 1.82) is 0 Å². The Morgan fingerprint density at radius 2 is 1.49 bits per heavy atom. The minimum absolute atomic E-state index is 0.00406. The van der Waals surface area contributed by atoms with Crippen molar-refractivity contribution in [3.63, 3.8) is 0 Å². The van der Waals surface area contributed by atoms with E-state index in [9.17, 15) is 27.6 Å². The minimum atomic E-state index is -4.52. The number of hydrogen-bond donors (Lipinski definition) is 4. The van der Waals surface area contributed by atoms with E-state index in [1.54, 1.807) is 30.3 Å². The van der Waals surface area contributed by atoms with E-state index in [1.165, 1.54) is 24.3 Å². The lowest BCUT2D eigenvalue weighted by atomic mass is 10.1. The molecule has 0 radical (unpaired) electrons. The van der Waals surface area contributed by atoms with Gasteiger partial charge >= 0.3 is 6.18 Å². The molecular weight excluding hydrogens is 485 g/mol. The fourth-order valence-electron chi connectivity index (χ4n) is 3.64. The maximum Gasteiger partial charge on any atom is 0.416 e. The first kappa shape index (κ1) is 25.7. The van der Waals surface area contributed by atoms with Gasteiger partial charge in [-0.2, -0.15) is 13.2 Å². The van der Waals surface area contributed by atoms with E-state index in [-0.39, 0.29) is 35.5 Å². The third-order valence-corrected chi connectivity index (χ3v) is 5.84. The molecule has 4 N–H and O–H groups in total. The molecule has 1 aliphatic rings. The maximum atomic E-state index is 12.9. The van der Waals surface area contributed by atoms with Gasteiger partial charge in [0, 0.05) is 34.2 Å². The van der Waals surface area contributed by atoms with E-state index in [0.717, 1.165) is 30.5 Å². The Labute approximate surface area is 211 Å². The summed E-state index contributed by atoms with van der Waals surface area (Å²) in [4.78, 5) is 37.1. The van der Waals surface area contributed by atoms with Gasteiger partial charge in [0.25, 0.3) is 5.91 Å². The molecule has 0 spiro atoms. The van der Waals surface area contributed by atoms with Crippen LogP contribution in [0.4, 0.5) is 35.9 Å². The third kappa shape index (κ3) is 6.87. The number of nitrogens with one attached hydrogen (secondary N) is 4. The summed E-state index contributed by atoms with van der Waals surface area (Å²) < 4.78 is 38.8. The Morgan fingerprint density at radius 3 is 2.19 bits per heavy atom. The predicted octanol–water partition coefficient (Wildman–Crippen LogP) is 5.67. The van der Waals surface area contributed by atoms with E-state index in [2.05, 4.69) is 21.3 Å². The van der Waals surface area contributed by atoms with Crippen molar-refractivity contribution < 1.29 is 27.6 Å². The Morgan fingerprint density at radius 1 is 0.838 bits per heavy atom. The van der Waals surface area contributed by atoms with Gasteiger partial charge in [0.2, 0.25) is 11.8 Å². The van der Waals surface area contributed by atoms with Crippen molar-refractivity contribution >= 4 is 40.5 Å². The highest BCUT2D eigenvalue weighted by Crippen LogP contribution is 2.32. The van der Waals surface area contributed by atoms with Crippen LogP contribution in [0.3, 0.4) is 0 Å². The standard InChI is InChI=1S/C27H25F3N4O3/c1-16-22(9-4-10-23(16)34-25(36)17-11-12-17)31-15-24(35)32-20-7-2-5-18(13-20)26(37)33-21-8-3-6-19(14-21)27(28,29)30/h2-10,13-14,17,31H,11-12,15H2,1H3,(H,32,35)(H,33,37)(H,34,36). The highest BCUT2D eigenvalue weighted by Gasteiger charge is 2.31. The molecule has 1 aliphatic carbocycles. The zero-order chi connectivity index (χ0) is 26.6. The van der Waals surface area contributed by atoms with E-state index >= 15 is 0 Å². The Bertz CT molecular complexity index is 1340. The van der Waals surface area contributed by atoms with Crippen LogP contribution in [-0.2, 0) is 15.8 Å². The summed E-state index contributed by atoms with van der Waals surface area (Å²) in [5.41, 5.74) is 1.83. The maximum absolute atomic E-state index is 12.9. The molecule has 37 heavy (non-hydrogen) atoms. The van der Waals surface area contributed by atoms with Gasteiger partial charge in [0.15, 0.2) is 0 Å². The first-order chi connectivity index (χ1) is 17.6. The van der Waals surface area contributed by atoms with Gasteiger partial charge in [-0.25, -0.2) is 0 Å². The normalized spacial score (nSPS) is 13.0. The molecule has 1 saturated carbocycles. The van der Waals surface area contributed by atoms with Crippen molar-refractivity contribution in [1.82, 2.24) is 0 Å². The molecule has 4 rings (SSSR count). The van der Waals surface area contributed by atoms with Crippen LogP contribution in [0.15, 0.2) is 66.7 Å². The number of alkyl halides is 3. The minimum Gasteiger partial charge on any atom is -0.376 e. The van der Waals surface area contributed by atoms with Gasteiger partial charge in [-0.1, -0.05) is 18.2 Å². The molecule has 7 nitrogen and oxygen atoms in total. The largest absolute Gasteiger partial charge is 0.416 e. The zero-order valence-corrected chi connectivity index (χ0v) is 19.9. The summed E-state index contributed by atoms with van der Waals surface area (Å²) in [5, 5.41) is 11.1. The second-order valence-electron chi connectivity index (χ2n) is 8.76. The molecule has 0 heterocycles. The summed E-state index contributed by atoms with van der Waals surface area (Å²) in [7, 11) is 0. The molecule has 3 aromatic carbocycles. The molecule has 10 heteroatoms. The van der Waals surface area contributed by atoms with Crippen molar-refractivity contribution in [2.45, 2.75) is 25.9 Å². The fraction of sp³-hybridized carbons (Fsp3) is 0.222. The molecule has 0 unspecified atom stereocenters. The van der Waals surface area contributed by atoms with Gasteiger partial charge in [-0.3, -0.25) is 14.4 Å². The number of benzene rings is 3. The smallest absolute Gasteiger partial charge is 0.376 e. The Kier molecular flexibility index (Phi) is 7.47. The SMILES string of the molecule is Cc1c(NCC(=O)Nc2cccc(C(=O)Nc3cccc(C(F)(F)F)c3)c2)cccc1NC(=O)C1CC1. The number of anilines is 4. The molecule has 0 atom stereocenters. The number of halogens is 3. The second kappa shape index (κ2) is 10.7. The molecule has 0 saturated heterocycles. The summed E-state index contributed by atoms with van der Waals surface area (Å²) in [6, 6.07) is 15.8. The Hall–Kier alpha value is -4.34. The van der Waals surface area contributed by atoms with Crippen molar-refractivity contribution in [3.05, 3.63) is 83.4 Å². The Balaban J connectivity index is 1.34. The van der Waals surface area contributed by atoms with E-state index in [4.69, 9.17) is 0 Å². The molecule has 3 aromatic rings. The van der Waals surface area contributed by atoms with Crippen LogP contribution in [0.1, 0.15) is 34.3 Å². The van der Waals surface area contributed by atoms with Crippen LogP contribution in [0, 0.1) is 12.8 Å². The monoisotopic (exact) mass is 510 g/mol. The van der Waals surface area contributed by atoms with Crippen molar-refractivity contribution in [3.8, 4) is 0 Å². The predicted molar refractivity (Wildman–Crippen MR) is 135 cm³/mol. The summed E-state index contributed by atoms with van der Waals surface area (Å²) in [6.45, 7) is 1.77. The van der Waals surface area contributed by atoms with Gasteiger partial charge < -0.3 is 21.3 Å². The fourth-order valence-corrected chi connectivity index (χ4v) is 3.64. The lowest BCUT2D eigenvalue weighted by Crippen LogP contribution is -2.22. The molecule has 0 aliphatic heterocycles. The molecule has 3 amide bonds. The topological polar surface area (TPSA) is 99.3 Å². The van der Waals surface area contributed by atoms with Gasteiger partial charge in [0.05, 0.1) is 12.1 Å². The van der Waals surface area contributed by atoms with Gasteiger partial charge in [0.1, 0.15) is 0 Å². The number of carbonyl (C=O) groups excluding carboxylic acids is 3. The molecular formula is C27H25F3N4O3. The third-order valence-electron chi connectivity index (χ3n) is 5.84. The molecule has 192 valence electrons. The molecule has 0 bridgehead atoms. The molecule has 1 fully saturated rings. The van der Waals surface area contributed by atoms with Gasteiger partial charge in [-0.15, -0.1) is 0 Å². The van der Waals surface area contributed by atoms with Gasteiger partial charge in [-0.05, 0) is 73.9 Å². The number of carbonyl (C=O) groups is 3. The summed E-state index contributed by atoms with van der Waals surface area (Å²) in [6.07, 6.45) is -2.72. The zero-order valence-electron chi connectivity index (χ0n) is 19.9. The quantitative estimate of drug-likeness (QED) is 0.314. The number of hydrogen-bond acceptors (Lipinski definition) is 4. The highest BCUT2D eigenvalue weighted by molar-refractivity contribution is 6.05. The van der Waals surface area contributed by atoms with E-state index in [1.807, 2.05) is 6.92 Å². The van der Waals surface area contributed by atoms with E-state index in [0.29, 0.717) is 17.1 Å². The van der Waals surface area contributed by atoms with Crippen LogP contribution in [-0.4, -0.2) is 24.3 Å². The van der Waals surface area contributed by atoms with Crippen LogP contribution >= 0.6 is 0 Å². The summed E-state index contributed by atoms with van der Waals surface area (Å²) >= 11 is 0. The first-order valence-corrected chi connectivity index (χ1v) is 11.6. The summed E-state index contributed by atoms with van der Waals surface area (Å²) in [5.74, 6) is -0.920. The average molecular weight is 511 g/mol. The van der Waals surface area contributed by atoms with Crippen LogP contribution in [0.25, 0.3) is 0 Å². The first-order valence-electron chi connectivity index (χ1n) is 11.6. The average Bonchev–Trinajstić information content (AvgIpc) is 3.70. The lowest BCUT2D eigenvalue weighted by molar-refractivity contribution is -0.137. The second-order valence-corrected chi connectivity index (χ2v) is 8.76. The van der Waals surface area contributed by atoms with E-state index < -0.39 is 17.6 Å². The molecule has 0 aromatic heterocycles. The highest BCUT2D eigenvalue weighted by atomic mass is 19.4. The number of amides is 3. The van der Waals surface area contributed by atoms with Crippen LogP contribution in [0.5, 0.6) is 0 Å². The number of rotatable bonds is 8. The van der Waals surface area contributed by atoms with Crippen molar-refractivity contribution in [2.75, 3.05) is 27.8 Å². The van der Waals surface area contributed by atoms with Crippen LogP contribution < -0.4 is 21.3 Å². The van der Waals surface area contributed by atoms with Crippen LogP contribution in [0.2, 0.25) is 0 Å². The lowest BCUT2D eigenvalue weighted by Gasteiger charge is -2.14. The van der Waals surface area contributed by atoms with Crippen molar-refractivity contribution in [2.24, 2.45) is 5.92 Å².